The first-order valence-corrected chi connectivity index (χ1v) is 14.3. The van der Waals surface area contributed by atoms with Crippen molar-refractivity contribution in [3.8, 4) is 22.5 Å². The average molecular weight is 621 g/mol. The fraction of sp³-hybridized carbons (Fsp3) is 0.294. The monoisotopic (exact) mass is 620 g/mol. The highest BCUT2D eigenvalue weighted by atomic mass is 19.4. The zero-order chi connectivity index (χ0) is 32.9. The molecule has 1 aromatic heterocycles. The van der Waals surface area contributed by atoms with Crippen LogP contribution in [0.4, 0.5) is 13.2 Å². The summed E-state index contributed by atoms with van der Waals surface area (Å²) in [6.45, 7) is 7.63. The molecule has 2 atom stereocenters. The molecule has 0 spiro atoms. The summed E-state index contributed by atoms with van der Waals surface area (Å²) < 4.78 is 38.6. The molecule has 1 heterocycles. The summed E-state index contributed by atoms with van der Waals surface area (Å²) in [7, 11) is 0. The molecule has 11 heteroatoms. The Morgan fingerprint density at radius 1 is 0.756 bits per heavy atom. The number of aliphatic hydroxyl groups is 2. The molecule has 4 aromatic rings. The number of carbonyl (C=O) groups is 2. The zero-order valence-electron chi connectivity index (χ0n) is 25.3. The third-order valence-corrected chi connectivity index (χ3v) is 7.30. The number of alkyl halides is 3. The molecule has 45 heavy (non-hydrogen) atoms. The highest BCUT2D eigenvalue weighted by Crippen LogP contribution is 2.31. The van der Waals surface area contributed by atoms with Gasteiger partial charge < -0.3 is 20.8 Å². The van der Waals surface area contributed by atoms with Crippen LogP contribution in [0.5, 0.6) is 0 Å². The fourth-order valence-electron chi connectivity index (χ4n) is 4.48. The minimum absolute atomic E-state index is 0.0932. The Morgan fingerprint density at radius 2 is 1.29 bits per heavy atom. The van der Waals surface area contributed by atoms with Crippen molar-refractivity contribution in [1.29, 1.82) is 0 Å². The zero-order valence-corrected chi connectivity index (χ0v) is 25.3. The lowest BCUT2D eigenvalue weighted by molar-refractivity contribution is -0.137. The van der Waals surface area contributed by atoms with E-state index in [0.717, 1.165) is 17.7 Å². The van der Waals surface area contributed by atoms with Crippen molar-refractivity contribution in [2.75, 3.05) is 0 Å². The van der Waals surface area contributed by atoms with Crippen LogP contribution in [0.3, 0.4) is 0 Å². The van der Waals surface area contributed by atoms with Crippen LogP contribution in [0.25, 0.3) is 22.5 Å². The molecule has 0 radical (unpaired) electrons. The summed E-state index contributed by atoms with van der Waals surface area (Å²) in [6.07, 6.45) is -3.03. The summed E-state index contributed by atoms with van der Waals surface area (Å²) in [5.74, 6) is -0.642. The predicted octanol–water partition coefficient (Wildman–Crippen LogP) is 5.28. The van der Waals surface area contributed by atoms with Gasteiger partial charge in [-0.15, -0.1) is 0 Å². The van der Waals surface area contributed by atoms with Gasteiger partial charge in [0, 0.05) is 35.5 Å². The molecule has 0 saturated heterocycles. The van der Waals surface area contributed by atoms with Gasteiger partial charge in [0.25, 0.3) is 5.91 Å². The summed E-state index contributed by atoms with van der Waals surface area (Å²) in [6, 6.07) is 16.9. The van der Waals surface area contributed by atoms with Crippen LogP contribution in [-0.2, 0) is 22.8 Å². The number of hydrogen-bond acceptors (Lipinski definition) is 6. The van der Waals surface area contributed by atoms with Crippen LogP contribution in [-0.4, -0.2) is 50.4 Å². The molecule has 0 bridgehead atoms. The van der Waals surface area contributed by atoms with Gasteiger partial charge >= 0.3 is 6.18 Å². The van der Waals surface area contributed by atoms with Gasteiger partial charge in [-0.2, -0.15) is 13.2 Å². The molecule has 0 fully saturated rings. The maximum atomic E-state index is 13.1. The first-order valence-electron chi connectivity index (χ1n) is 14.3. The molecule has 4 rings (SSSR count). The highest BCUT2D eigenvalue weighted by Gasteiger charge is 2.30. The van der Waals surface area contributed by atoms with Gasteiger partial charge in [0.1, 0.15) is 6.04 Å². The molecule has 0 unspecified atom stereocenters. The molecule has 8 nitrogen and oxygen atoms in total. The Morgan fingerprint density at radius 3 is 1.80 bits per heavy atom. The summed E-state index contributed by atoms with van der Waals surface area (Å²) in [5, 5.41) is 24.2. The van der Waals surface area contributed by atoms with Crippen LogP contribution >= 0.6 is 0 Å². The lowest BCUT2D eigenvalue weighted by Crippen LogP contribution is -2.52. The van der Waals surface area contributed by atoms with Crippen molar-refractivity contribution < 1.29 is 33.0 Å². The Labute approximate surface area is 259 Å². The van der Waals surface area contributed by atoms with Crippen LogP contribution in [0, 0.1) is 0 Å². The quantitative estimate of drug-likeness (QED) is 0.189. The molecule has 236 valence electrons. The van der Waals surface area contributed by atoms with E-state index >= 15 is 0 Å². The Balaban J connectivity index is 1.48. The predicted molar refractivity (Wildman–Crippen MR) is 164 cm³/mol. The molecule has 3 aromatic carbocycles. The van der Waals surface area contributed by atoms with Gasteiger partial charge in [-0.05, 0) is 53.3 Å². The number of benzene rings is 3. The van der Waals surface area contributed by atoms with E-state index in [1.54, 1.807) is 36.4 Å². The highest BCUT2D eigenvalue weighted by molar-refractivity contribution is 5.97. The molecule has 0 saturated carbocycles. The van der Waals surface area contributed by atoms with Gasteiger partial charge in [0.2, 0.25) is 5.91 Å². The SMILES string of the molecule is C[C@@H](NC(=O)[C@H](Cc1ccc(-c2ncc(-c3ccc(C(F)(F)F)cc3)cn2)cc1)NC(=O)c1ccc(C(C)(C)C)cc1)C(O)O. The largest absolute Gasteiger partial charge is 0.416 e. The van der Waals surface area contributed by atoms with Gasteiger partial charge in [0.15, 0.2) is 12.1 Å². The van der Waals surface area contributed by atoms with Crippen LogP contribution in [0.2, 0.25) is 0 Å². The first kappa shape index (κ1) is 33.3. The molecule has 4 N–H and O–H groups in total. The van der Waals surface area contributed by atoms with Crippen molar-refractivity contribution in [3.63, 3.8) is 0 Å². The Kier molecular flexibility index (Phi) is 10.0. The molecule has 0 aliphatic heterocycles. The first-order chi connectivity index (χ1) is 21.1. The third-order valence-electron chi connectivity index (χ3n) is 7.30. The van der Waals surface area contributed by atoms with Crippen molar-refractivity contribution in [3.05, 3.63) is 107 Å². The standard InChI is InChI=1S/C34H35F3N4O4/c1-20(32(44)45)40-31(43)28(41-30(42)24-11-13-26(14-12-24)33(2,3)4)17-21-5-7-23(8-6-21)29-38-18-25(19-39-29)22-9-15-27(16-10-22)34(35,36)37/h5-16,18-20,28,32,44-45H,17H2,1-4H3,(H,40,43)(H,41,42)/t20-,28+/m1/s1. The number of hydrogen-bond donors (Lipinski definition) is 4. The van der Waals surface area contributed by atoms with E-state index in [4.69, 9.17) is 0 Å². The van der Waals surface area contributed by atoms with Crippen molar-refractivity contribution >= 4 is 11.8 Å². The number of rotatable bonds is 9. The van der Waals surface area contributed by atoms with E-state index in [-0.39, 0.29) is 11.8 Å². The molecular formula is C34H35F3N4O4. The molecule has 0 aliphatic carbocycles. The van der Waals surface area contributed by atoms with Gasteiger partial charge in [-0.25, -0.2) is 9.97 Å². The number of nitrogens with one attached hydrogen (secondary N) is 2. The van der Waals surface area contributed by atoms with Gasteiger partial charge in [0.05, 0.1) is 11.6 Å². The van der Waals surface area contributed by atoms with E-state index in [0.29, 0.717) is 33.6 Å². The second kappa shape index (κ2) is 13.6. The molecule has 0 aliphatic rings. The minimum atomic E-state index is -4.42. The average Bonchev–Trinajstić information content (AvgIpc) is 3.00. The topological polar surface area (TPSA) is 124 Å². The molecule has 2 amide bonds. The third kappa shape index (κ3) is 8.74. The summed E-state index contributed by atoms with van der Waals surface area (Å²) in [4.78, 5) is 34.9. The van der Waals surface area contributed by atoms with Crippen LogP contribution in [0.15, 0.2) is 85.2 Å². The van der Waals surface area contributed by atoms with Crippen molar-refractivity contribution in [2.45, 2.75) is 64.1 Å². The molecular weight excluding hydrogens is 585 g/mol. The maximum Gasteiger partial charge on any atom is 0.416 e. The van der Waals surface area contributed by atoms with E-state index in [9.17, 15) is 33.0 Å². The fourth-order valence-corrected chi connectivity index (χ4v) is 4.48. The minimum Gasteiger partial charge on any atom is -0.366 e. The number of nitrogens with zero attached hydrogens (tertiary/aromatic N) is 2. The second-order valence-electron chi connectivity index (χ2n) is 11.8. The summed E-state index contributed by atoms with van der Waals surface area (Å²) >= 11 is 0. The smallest absolute Gasteiger partial charge is 0.366 e. The summed E-state index contributed by atoms with van der Waals surface area (Å²) in [5.41, 5.74) is 3.08. The van der Waals surface area contributed by atoms with E-state index in [1.165, 1.54) is 31.5 Å². The second-order valence-corrected chi connectivity index (χ2v) is 11.8. The normalized spacial score (nSPS) is 13.3. The van der Waals surface area contributed by atoms with Crippen LogP contribution in [0.1, 0.15) is 54.7 Å². The number of halogens is 3. The number of amides is 2. The van der Waals surface area contributed by atoms with Crippen molar-refractivity contribution in [2.24, 2.45) is 0 Å². The van der Waals surface area contributed by atoms with E-state index < -0.39 is 41.9 Å². The van der Waals surface area contributed by atoms with Gasteiger partial charge in [-0.3, -0.25) is 9.59 Å². The van der Waals surface area contributed by atoms with E-state index in [1.807, 2.05) is 12.1 Å². The van der Waals surface area contributed by atoms with Gasteiger partial charge in [-0.1, -0.05) is 69.3 Å². The van der Waals surface area contributed by atoms with Crippen molar-refractivity contribution in [1.82, 2.24) is 20.6 Å². The van der Waals surface area contributed by atoms with Crippen LogP contribution < -0.4 is 10.6 Å². The number of aromatic nitrogens is 2. The van der Waals surface area contributed by atoms with E-state index in [2.05, 4.69) is 41.4 Å². The lowest BCUT2D eigenvalue weighted by Gasteiger charge is -2.23. The maximum absolute atomic E-state index is 13.1. The lowest BCUT2D eigenvalue weighted by atomic mass is 9.86. The number of aliphatic hydroxyl groups excluding tert-OH is 1. The number of carbonyl (C=O) groups excluding carboxylic acids is 2. The Bertz CT molecular complexity index is 1600. The Hall–Kier alpha value is -4.61.